The van der Waals surface area contributed by atoms with Crippen molar-refractivity contribution in [2.24, 2.45) is 5.73 Å². The van der Waals surface area contributed by atoms with Crippen molar-refractivity contribution in [3.63, 3.8) is 0 Å². The first-order valence-corrected chi connectivity index (χ1v) is 7.86. The first-order valence-electron chi connectivity index (χ1n) is 6.69. The summed E-state index contributed by atoms with van der Waals surface area (Å²) in [6.45, 7) is 0. The largest absolute Gasteiger partial charge is 0.322 e. The quantitative estimate of drug-likeness (QED) is 0.721. The predicted molar refractivity (Wildman–Crippen MR) is 91.5 cm³/mol. The fourth-order valence-corrected chi connectivity index (χ4v) is 3.22. The first-order chi connectivity index (χ1) is 10.1. The number of aromatic nitrogens is 1. The van der Waals surface area contributed by atoms with E-state index in [2.05, 4.69) is 27.0 Å². The molecule has 0 fully saturated rings. The number of nitrogens with two attached hydrogens (primary N) is 1. The molecule has 1 unspecified atom stereocenters. The van der Waals surface area contributed by atoms with Gasteiger partial charge in [-0.15, -0.1) is 0 Å². The Hall–Kier alpha value is -1.42. The topological polar surface area (TPSA) is 38.9 Å². The maximum Gasteiger partial charge on any atom is 0.0723 e. The molecule has 1 atom stereocenters. The molecule has 21 heavy (non-hydrogen) atoms. The molecule has 2 N–H and O–H groups in total. The highest BCUT2D eigenvalue weighted by Crippen LogP contribution is 2.27. The molecular formula is C17H14BrClN2. The number of pyridine rings is 1. The van der Waals surface area contributed by atoms with Gasteiger partial charge in [0.2, 0.25) is 0 Å². The zero-order valence-electron chi connectivity index (χ0n) is 11.3. The molecule has 4 heteroatoms. The number of hydrogen-bond donors (Lipinski definition) is 1. The summed E-state index contributed by atoms with van der Waals surface area (Å²) in [5, 5.41) is 1.83. The molecular weight excluding hydrogens is 348 g/mol. The lowest BCUT2D eigenvalue weighted by atomic mass is 10.0. The highest BCUT2D eigenvalue weighted by molar-refractivity contribution is 9.10. The molecule has 0 amide bonds. The summed E-state index contributed by atoms with van der Waals surface area (Å²) in [6.07, 6.45) is 0.699. The van der Waals surface area contributed by atoms with Gasteiger partial charge >= 0.3 is 0 Å². The van der Waals surface area contributed by atoms with Crippen LogP contribution in [0.25, 0.3) is 10.9 Å². The van der Waals surface area contributed by atoms with E-state index in [1.54, 1.807) is 0 Å². The summed E-state index contributed by atoms with van der Waals surface area (Å²) in [7, 11) is 0. The van der Waals surface area contributed by atoms with Gasteiger partial charge in [0, 0.05) is 14.9 Å². The maximum atomic E-state index is 6.33. The van der Waals surface area contributed by atoms with E-state index in [0.29, 0.717) is 6.42 Å². The molecule has 0 saturated heterocycles. The Labute approximate surface area is 137 Å². The van der Waals surface area contributed by atoms with E-state index in [4.69, 9.17) is 17.3 Å². The Kier molecular flexibility index (Phi) is 4.24. The summed E-state index contributed by atoms with van der Waals surface area (Å²) in [5.41, 5.74) is 9.27. The standard InChI is InChI=1S/C17H14BrClN2/c18-14-10-12-5-1-2-7-16(12)21-17(14)15(20)9-11-4-3-6-13(19)8-11/h1-8,10,15H,9,20H2. The van der Waals surface area contributed by atoms with Crippen LogP contribution in [-0.4, -0.2) is 4.98 Å². The lowest BCUT2D eigenvalue weighted by Crippen LogP contribution is -2.15. The van der Waals surface area contributed by atoms with Crippen LogP contribution in [0.3, 0.4) is 0 Å². The highest BCUT2D eigenvalue weighted by Gasteiger charge is 2.14. The fourth-order valence-electron chi connectivity index (χ4n) is 2.38. The van der Waals surface area contributed by atoms with E-state index in [-0.39, 0.29) is 6.04 Å². The first kappa shape index (κ1) is 14.5. The summed E-state index contributed by atoms with van der Waals surface area (Å²) in [6, 6.07) is 17.7. The van der Waals surface area contributed by atoms with Gasteiger partial charge in [-0.05, 0) is 52.2 Å². The lowest BCUT2D eigenvalue weighted by molar-refractivity contribution is 0.696. The minimum absolute atomic E-state index is 0.178. The second-order valence-electron chi connectivity index (χ2n) is 4.99. The molecule has 2 nitrogen and oxygen atoms in total. The molecule has 3 rings (SSSR count). The number of halogens is 2. The molecule has 1 heterocycles. The van der Waals surface area contributed by atoms with Gasteiger partial charge in [-0.25, -0.2) is 4.98 Å². The highest BCUT2D eigenvalue weighted by atomic mass is 79.9. The Morgan fingerprint density at radius 3 is 2.71 bits per heavy atom. The van der Waals surface area contributed by atoms with Gasteiger partial charge in [-0.3, -0.25) is 0 Å². The summed E-state index contributed by atoms with van der Waals surface area (Å²) < 4.78 is 0.940. The number of benzene rings is 2. The van der Waals surface area contributed by atoms with Crippen LogP contribution in [-0.2, 0) is 6.42 Å². The van der Waals surface area contributed by atoms with Crippen molar-refractivity contribution >= 4 is 38.4 Å². The maximum absolute atomic E-state index is 6.33. The van der Waals surface area contributed by atoms with Crippen molar-refractivity contribution in [1.82, 2.24) is 4.98 Å². The van der Waals surface area contributed by atoms with Crippen molar-refractivity contribution in [1.29, 1.82) is 0 Å². The molecule has 0 radical (unpaired) electrons. The molecule has 106 valence electrons. The van der Waals surface area contributed by atoms with Crippen molar-refractivity contribution in [3.8, 4) is 0 Å². The number of fused-ring (bicyclic) bond motifs is 1. The van der Waals surface area contributed by atoms with Gasteiger partial charge in [0.1, 0.15) is 0 Å². The SMILES string of the molecule is NC(Cc1cccc(Cl)c1)c1nc2ccccc2cc1Br. The van der Waals surface area contributed by atoms with E-state index in [9.17, 15) is 0 Å². The lowest BCUT2D eigenvalue weighted by Gasteiger charge is -2.14. The summed E-state index contributed by atoms with van der Waals surface area (Å²) in [5.74, 6) is 0. The summed E-state index contributed by atoms with van der Waals surface area (Å²) in [4.78, 5) is 4.69. The van der Waals surface area contributed by atoms with E-state index in [1.807, 2.05) is 48.5 Å². The van der Waals surface area contributed by atoms with Crippen LogP contribution in [0.1, 0.15) is 17.3 Å². The second-order valence-corrected chi connectivity index (χ2v) is 6.28. The molecule has 3 aromatic rings. The molecule has 0 aliphatic rings. The Bertz CT molecular complexity index is 789. The van der Waals surface area contributed by atoms with E-state index < -0.39 is 0 Å². The molecule has 0 spiro atoms. The van der Waals surface area contributed by atoms with Crippen molar-refractivity contribution in [2.75, 3.05) is 0 Å². The zero-order chi connectivity index (χ0) is 14.8. The van der Waals surface area contributed by atoms with Crippen LogP contribution >= 0.6 is 27.5 Å². The van der Waals surface area contributed by atoms with Crippen molar-refractivity contribution in [3.05, 3.63) is 75.4 Å². The number of para-hydroxylation sites is 1. The van der Waals surface area contributed by atoms with Crippen LogP contribution in [0, 0.1) is 0 Å². The van der Waals surface area contributed by atoms with Crippen molar-refractivity contribution < 1.29 is 0 Å². The van der Waals surface area contributed by atoms with E-state index >= 15 is 0 Å². The molecule has 0 aliphatic heterocycles. The fraction of sp³-hybridized carbons (Fsp3) is 0.118. The summed E-state index contributed by atoms with van der Waals surface area (Å²) >= 11 is 9.60. The van der Waals surface area contributed by atoms with Gasteiger partial charge in [-0.2, -0.15) is 0 Å². The van der Waals surface area contributed by atoms with Crippen LogP contribution in [0.2, 0.25) is 5.02 Å². The second kappa shape index (κ2) is 6.14. The van der Waals surface area contributed by atoms with Crippen LogP contribution < -0.4 is 5.73 Å². The minimum atomic E-state index is -0.178. The Balaban J connectivity index is 1.93. The van der Waals surface area contributed by atoms with Crippen molar-refractivity contribution in [2.45, 2.75) is 12.5 Å². The zero-order valence-corrected chi connectivity index (χ0v) is 13.6. The van der Waals surface area contributed by atoms with Gasteiger partial charge in [0.05, 0.1) is 17.3 Å². The smallest absolute Gasteiger partial charge is 0.0723 e. The van der Waals surface area contributed by atoms with Gasteiger partial charge in [0.15, 0.2) is 0 Å². The molecule has 1 aromatic heterocycles. The molecule has 2 aromatic carbocycles. The van der Waals surface area contributed by atoms with Crippen LogP contribution in [0.15, 0.2) is 59.1 Å². The van der Waals surface area contributed by atoms with Crippen LogP contribution in [0.4, 0.5) is 0 Å². The monoisotopic (exact) mass is 360 g/mol. The normalized spacial score (nSPS) is 12.5. The average Bonchev–Trinajstić information content (AvgIpc) is 2.46. The van der Waals surface area contributed by atoms with E-state index in [0.717, 1.165) is 31.7 Å². The molecule has 0 aliphatic carbocycles. The minimum Gasteiger partial charge on any atom is -0.322 e. The number of nitrogens with zero attached hydrogens (tertiary/aromatic N) is 1. The van der Waals surface area contributed by atoms with Gasteiger partial charge < -0.3 is 5.73 Å². The number of hydrogen-bond acceptors (Lipinski definition) is 2. The third-order valence-electron chi connectivity index (χ3n) is 3.40. The predicted octanol–water partition coefficient (Wildman–Crippen LogP) is 4.89. The van der Waals surface area contributed by atoms with Crippen LogP contribution in [0.5, 0.6) is 0 Å². The third kappa shape index (κ3) is 3.26. The third-order valence-corrected chi connectivity index (χ3v) is 4.27. The Morgan fingerprint density at radius 1 is 1.10 bits per heavy atom. The average molecular weight is 362 g/mol. The molecule has 0 saturated carbocycles. The van der Waals surface area contributed by atoms with Gasteiger partial charge in [0.25, 0.3) is 0 Å². The number of rotatable bonds is 3. The van der Waals surface area contributed by atoms with Gasteiger partial charge in [-0.1, -0.05) is 41.9 Å². The van der Waals surface area contributed by atoms with E-state index in [1.165, 1.54) is 0 Å². The molecule has 0 bridgehead atoms. The Morgan fingerprint density at radius 2 is 1.90 bits per heavy atom.